The van der Waals surface area contributed by atoms with Crippen LogP contribution in [-0.4, -0.2) is 42.0 Å². The molecule has 1 atom stereocenters. The second-order valence-corrected chi connectivity index (χ2v) is 6.92. The fraction of sp³-hybridized carbons (Fsp3) is 0.200. The van der Waals surface area contributed by atoms with Gasteiger partial charge in [-0.2, -0.15) is 0 Å². The molecule has 1 aliphatic heterocycles. The van der Waals surface area contributed by atoms with Crippen LogP contribution in [0.2, 0.25) is 10.0 Å². The average molecular weight is 406 g/mol. The molecule has 27 heavy (non-hydrogen) atoms. The van der Waals surface area contributed by atoms with E-state index in [-0.39, 0.29) is 24.5 Å². The maximum Gasteiger partial charge on any atom is 0.295 e. The zero-order valence-electron chi connectivity index (χ0n) is 14.5. The lowest BCUT2D eigenvalue weighted by Gasteiger charge is -2.25. The molecule has 140 valence electrons. The molecule has 1 amide bonds. The Labute approximate surface area is 166 Å². The second kappa shape index (κ2) is 8.13. The Kier molecular flexibility index (Phi) is 5.85. The van der Waals surface area contributed by atoms with E-state index < -0.39 is 17.7 Å². The Morgan fingerprint density at radius 1 is 1.04 bits per heavy atom. The highest BCUT2D eigenvalue weighted by Gasteiger charge is 2.45. The van der Waals surface area contributed by atoms with E-state index in [0.717, 1.165) is 0 Å². The third-order valence-electron chi connectivity index (χ3n) is 4.38. The minimum Gasteiger partial charge on any atom is -0.507 e. The lowest BCUT2D eigenvalue weighted by molar-refractivity contribution is -0.140. The maximum absolute atomic E-state index is 12.7. The number of halogens is 2. The number of rotatable bonds is 5. The van der Waals surface area contributed by atoms with Crippen molar-refractivity contribution in [2.24, 2.45) is 0 Å². The summed E-state index contributed by atoms with van der Waals surface area (Å²) >= 11 is 11.9. The zero-order chi connectivity index (χ0) is 19.6. The smallest absolute Gasteiger partial charge is 0.295 e. The molecular weight excluding hydrogens is 389 g/mol. The van der Waals surface area contributed by atoms with Crippen molar-refractivity contribution >= 4 is 40.7 Å². The summed E-state index contributed by atoms with van der Waals surface area (Å²) in [7, 11) is 1.52. The molecule has 0 saturated carbocycles. The molecule has 5 nitrogen and oxygen atoms in total. The number of ketones is 1. The molecule has 0 aromatic heterocycles. The molecule has 0 radical (unpaired) electrons. The molecule has 1 aliphatic rings. The van der Waals surface area contributed by atoms with Crippen molar-refractivity contribution in [3.63, 3.8) is 0 Å². The number of benzene rings is 2. The second-order valence-electron chi connectivity index (χ2n) is 6.04. The van der Waals surface area contributed by atoms with E-state index in [4.69, 9.17) is 27.9 Å². The summed E-state index contributed by atoms with van der Waals surface area (Å²) in [5, 5.41) is 11.8. The summed E-state index contributed by atoms with van der Waals surface area (Å²) in [6.45, 7) is 0.476. The van der Waals surface area contributed by atoms with Gasteiger partial charge in [-0.1, -0.05) is 35.3 Å². The highest BCUT2D eigenvalue weighted by molar-refractivity contribution is 6.46. The van der Waals surface area contributed by atoms with Crippen molar-refractivity contribution in [1.29, 1.82) is 0 Å². The Morgan fingerprint density at radius 2 is 1.59 bits per heavy atom. The van der Waals surface area contributed by atoms with Crippen LogP contribution in [-0.2, 0) is 14.3 Å². The van der Waals surface area contributed by atoms with Crippen LogP contribution in [0.5, 0.6) is 0 Å². The fourth-order valence-electron chi connectivity index (χ4n) is 3.06. The van der Waals surface area contributed by atoms with Crippen molar-refractivity contribution in [2.75, 3.05) is 20.3 Å². The summed E-state index contributed by atoms with van der Waals surface area (Å²) in [6.07, 6.45) is 0. The molecule has 1 heterocycles. The van der Waals surface area contributed by atoms with E-state index in [1.165, 1.54) is 12.0 Å². The first-order valence-electron chi connectivity index (χ1n) is 8.22. The topological polar surface area (TPSA) is 66.8 Å². The summed E-state index contributed by atoms with van der Waals surface area (Å²) in [5.41, 5.74) is 1.11. The largest absolute Gasteiger partial charge is 0.507 e. The molecule has 0 unspecified atom stereocenters. The molecule has 1 N–H and O–H groups in total. The predicted octanol–water partition coefficient (Wildman–Crippen LogP) is 4.06. The number of aliphatic hydroxyl groups is 1. The van der Waals surface area contributed by atoms with Gasteiger partial charge >= 0.3 is 0 Å². The molecule has 0 aliphatic carbocycles. The number of hydrogen-bond acceptors (Lipinski definition) is 4. The summed E-state index contributed by atoms with van der Waals surface area (Å²) in [6, 6.07) is 12.5. The van der Waals surface area contributed by atoms with E-state index in [1.807, 2.05) is 0 Å². The Morgan fingerprint density at radius 3 is 2.15 bits per heavy atom. The minimum absolute atomic E-state index is 0.0285. The van der Waals surface area contributed by atoms with Crippen molar-refractivity contribution in [2.45, 2.75) is 6.04 Å². The number of ether oxygens (including phenoxy) is 1. The van der Waals surface area contributed by atoms with E-state index in [9.17, 15) is 14.7 Å². The van der Waals surface area contributed by atoms with Crippen LogP contribution in [0.25, 0.3) is 5.76 Å². The number of carbonyl (C=O) groups excluding carboxylic acids is 2. The molecule has 1 fully saturated rings. The van der Waals surface area contributed by atoms with Crippen molar-refractivity contribution in [3.05, 3.63) is 75.3 Å². The third-order valence-corrected chi connectivity index (χ3v) is 4.88. The number of amides is 1. The van der Waals surface area contributed by atoms with Gasteiger partial charge in [0.25, 0.3) is 11.7 Å². The number of hydrogen-bond donors (Lipinski definition) is 1. The summed E-state index contributed by atoms with van der Waals surface area (Å²) in [5.74, 6) is -1.66. The Balaban J connectivity index is 2.14. The summed E-state index contributed by atoms with van der Waals surface area (Å²) in [4.78, 5) is 26.7. The first kappa shape index (κ1) is 19.4. The fourth-order valence-corrected chi connectivity index (χ4v) is 3.31. The quantitative estimate of drug-likeness (QED) is 0.462. The monoisotopic (exact) mass is 405 g/mol. The zero-order valence-corrected chi connectivity index (χ0v) is 16.0. The lowest BCUT2D eigenvalue weighted by atomic mass is 9.95. The Hall–Kier alpha value is -2.34. The van der Waals surface area contributed by atoms with Crippen LogP contribution in [0.1, 0.15) is 17.2 Å². The molecular formula is C20H17Cl2NO4. The van der Waals surface area contributed by atoms with Crippen molar-refractivity contribution in [1.82, 2.24) is 4.90 Å². The SMILES string of the molecule is COCCN1C(=O)C(=O)/C(=C(/O)c2ccc(Cl)cc2)[C@@H]1c1ccc(Cl)cc1. The average Bonchev–Trinajstić information content (AvgIpc) is 2.91. The predicted molar refractivity (Wildman–Crippen MR) is 104 cm³/mol. The van der Waals surface area contributed by atoms with Gasteiger partial charge in [0.2, 0.25) is 0 Å². The number of Topliss-reactive ketones (excluding diaryl/α,β-unsaturated/α-hetero) is 1. The first-order valence-corrected chi connectivity index (χ1v) is 8.98. The standard InChI is InChI=1S/C20H17Cl2NO4/c1-27-11-10-23-17(12-2-6-14(21)7-3-12)16(19(25)20(23)26)18(24)13-4-8-15(22)9-5-13/h2-9,17,24H,10-11H2,1H3/b18-16+/t17-/m0/s1. The molecule has 3 rings (SSSR count). The van der Waals surface area contributed by atoms with Crippen molar-refractivity contribution in [3.8, 4) is 0 Å². The van der Waals surface area contributed by atoms with Crippen LogP contribution in [0.3, 0.4) is 0 Å². The maximum atomic E-state index is 12.7. The Bertz CT molecular complexity index is 891. The van der Waals surface area contributed by atoms with Gasteiger partial charge in [0.15, 0.2) is 0 Å². The van der Waals surface area contributed by atoms with E-state index in [2.05, 4.69) is 0 Å². The highest BCUT2D eigenvalue weighted by atomic mass is 35.5. The minimum atomic E-state index is -0.737. The molecule has 0 bridgehead atoms. The van der Waals surface area contributed by atoms with Crippen LogP contribution in [0.15, 0.2) is 54.1 Å². The number of methoxy groups -OCH3 is 1. The van der Waals surface area contributed by atoms with Gasteiger partial charge < -0.3 is 14.7 Å². The van der Waals surface area contributed by atoms with Crippen LogP contribution < -0.4 is 0 Å². The molecule has 7 heteroatoms. The van der Waals surface area contributed by atoms with E-state index in [0.29, 0.717) is 21.2 Å². The number of likely N-dealkylation sites (tertiary alicyclic amines) is 1. The van der Waals surface area contributed by atoms with Gasteiger partial charge in [0, 0.05) is 29.3 Å². The lowest BCUT2D eigenvalue weighted by Crippen LogP contribution is -2.32. The first-order chi connectivity index (χ1) is 12.9. The van der Waals surface area contributed by atoms with Gasteiger partial charge in [0.1, 0.15) is 5.76 Å². The molecule has 2 aromatic carbocycles. The van der Waals surface area contributed by atoms with Gasteiger partial charge in [0.05, 0.1) is 18.2 Å². The van der Waals surface area contributed by atoms with Gasteiger partial charge in [-0.25, -0.2) is 0 Å². The number of aliphatic hydroxyl groups excluding tert-OH is 1. The number of nitrogens with zero attached hydrogens (tertiary/aromatic N) is 1. The molecule has 1 saturated heterocycles. The molecule has 0 spiro atoms. The van der Waals surface area contributed by atoms with Gasteiger partial charge in [-0.3, -0.25) is 9.59 Å². The van der Waals surface area contributed by atoms with Gasteiger partial charge in [-0.15, -0.1) is 0 Å². The van der Waals surface area contributed by atoms with Crippen LogP contribution in [0.4, 0.5) is 0 Å². The van der Waals surface area contributed by atoms with Crippen LogP contribution >= 0.6 is 23.2 Å². The third kappa shape index (κ3) is 3.86. The summed E-state index contributed by atoms with van der Waals surface area (Å²) < 4.78 is 5.06. The van der Waals surface area contributed by atoms with E-state index >= 15 is 0 Å². The molecule has 2 aromatic rings. The highest BCUT2D eigenvalue weighted by Crippen LogP contribution is 2.39. The van der Waals surface area contributed by atoms with Crippen LogP contribution in [0, 0.1) is 0 Å². The normalized spacial score (nSPS) is 18.9. The number of carbonyl (C=O) groups is 2. The van der Waals surface area contributed by atoms with E-state index in [1.54, 1.807) is 48.5 Å². The van der Waals surface area contributed by atoms with Gasteiger partial charge in [-0.05, 0) is 42.0 Å². The van der Waals surface area contributed by atoms with Crippen molar-refractivity contribution < 1.29 is 19.4 Å².